The number of pyridine rings is 1. The minimum atomic E-state index is -0.548. The highest BCUT2D eigenvalue weighted by Crippen LogP contribution is 2.26. The maximum absolute atomic E-state index is 14.4. The number of nitrogens with two attached hydrogens (primary N) is 1. The molecule has 0 saturated heterocycles. The van der Waals surface area contributed by atoms with Crippen LogP contribution in [0, 0.1) is 5.82 Å². The molecular formula is C21H20FN5O2. The second-order valence-electron chi connectivity index (χ2n) is 6.63. The molecule has 0 amide bonds. The average Bonchev–Trinajstić information content (AvgIpc) is 3.42. The molecule has 0 fully saturated rings. The maximum atomic E-state index is 14.4. The molecule has 1 aromatic carbocycles. The summed E-state index contributed by atoms with van der Waals surface area (Å²) < 4.78 is 21.6. The van der Waals surface area contributed by atoms with Gasteiger partial charge in [-0.05, 0) is 42.5 Å². The topological polar surface area (TPSA) is 98.5 Å². The number of nitrogens with zero attached hydrogens (tertiary/aromatic N) is 4. The number of ether oxygens (including phenoxy) is 1. The SMILES string of the molecule is N[C@H](CO)Cn1ccc(-c2ccc(Oc3ncc(C4=NCC=C4)cc3F)cc2)n1. The molecule has 0 radical (unpaired) electrons. The monoisotopic (exact) mass is 393 g/mol. The summed E-state index contributed by atoms with van der Waals surface area (Å²) in [4.78, 5) is 8.33. The van der Waals surface area contributed by atoms with Gasteiger partial charge < -0.3 is 15.6 Å². The van der Waals surface area contributed by atoms with Crippen LogP contribution in [0.2, 0.25) is 0 Å². The smallest absolute Gasteiger partial charge is 0.255 e. The molecule has 29 heavy (non-hydrogen) atoms. The number of aliphatic hydroxyl groups excluding tert-OH is 1. The first kappa shape index (κ1) is 19.0. The highest BCUT2D eigenvalue weighted by molar-refractivity contribution is 6.09. The van der Waals surface area contributed by atoms with Gasteiger partial charge in [-0.2, -0.15) is 5.10 Å². The lowest BCUT2D eigenvalue weighted by atomic mass is 10.1. The van der Waals surface area contributed by atoms with E-state index in [9.17, 15) is 4.39 Å². The second-order valence-corrected chi connectivity index (χ2v) is 6.63. The van der Waals surface area contributed by atoms with Gasteiger partial charge in [0.15, 0.2) is 5.82 Å². The van der Waals surface area contributed by atoms with Gasteiger partial charge in [0.2, 0.25) is 0 Å². The number of halogens is 1. The van der Waals surface area contributed by atoms with Gasteiger partial charge in [-0.25, -0.2) is 9.37 Å². The third kappa shape index (κ3) is 4.39. The van der Waals surface area contributed by atoms with Crippen molar-refractivity contribution in [2.75, 3.05) is 13.2 Å². The Labute approximate surface area is 167 Å². The molecule has 1 atom stereocenters. The summed E-state index contributed by atoms with van der Waals surface area (Å²) in [6.07, 6.45) is 7.10. The first-order valence-corrected chi connectivity index (χ1v) is 9.17. The predicted octanol–water partition coefficient (Wildman–Crippen LogP) is 2.56. The second kappa shape index (κ2) is 8.34. The Bertz CT molecular complexity index is 1060. The highest BCUT2D eigenvalue weighted by atomic mass is 19.1. The summed E-state index contributed by atoms with van der Waals surface area (Å²) in [6, 6.07) is 9.99. The average molecular weight is 393 g/mol. The van der Waals surface area contributed by atoms with E-state index in [0.29, 0.717) is 30.1 Å². The molecule has 1 aliphatic heterocycles. The van der Waals surface area contributed by atoms with E-state index in [1.54, 1.807) is 29.2 Å². The van der Waals surface area contributed by atoms with Crippen molar-refractivity contribution in [1.29, 1.82) is 0 Å². The molecule has 3 heterocycles. The van der Waals surface area contributed by atoms with Crippen LogP contribution < -0.4 is 10.5 Å². The number of hydrogen-bond acceptors (Lipinski definition) is 6. The number of aliphatic hydroxyl groups is 1. The molecule has 8 heteroatoms. The number of aliphatic imine (C=N–C) groups is 1. The molecule has 4 rings (SSSR count). The van der Waals surface area contributed by atoms with Crippen molar-refractivity contribution < 1.29 is 14.2 Å². The van der Waals surface area contributed by atoms with Crippen molar-refractivity contribution >= 4 is 5.71 Å². The number of hydrogen-bond donors (Lipinski definition) is 2. The third-order valence-electron chi connectivity index (χ3n) is 4.41. The van der Waals surface area contributed by atoms with Gasteiger partial charge in [-0.3, -0.25) is 9.67 Å². The van der Waals surface area contributed by atoms with Crippen molar-refractivity contribution in [1.82, 2.24) is 14.8 Å². The van der Waals surface area contributed by atoms with E-state index in [1.807, 2.05) is 30.4 Å². The summed E-state index contributed by atoms with van der Waals surface area (Å²) in [5.74, 6) is -0.173. The summed E-state index contributed by atoms with van der Waals surface area (Å²) >= 11 is 0. The lowest BCUT2D eigenvalue weighted by Crippen LogP contribution is -2.30. The summed E-state index contributed by atoms with van der Waals surface area (Å²) in [6.45, 7) is 0.937. The summed E-state index contributed by atoms with van der Waals surface area (Å²) in [7, 11) is 0. The number of aromatic nitrogens is 3. The Morgan fingerprint density at radius 1 is 1.21 bits per heavy atom. The molecule has 2 aromatic heterocycles. The fourth-order valence-corrected chi connectivity index (χ4v) is 2.92. The fraction of sp³-hybridized carbons (Fsp3) is 0.190. The zero-order valence-corrected chi connectivity index (χ0v) is 15.6. The molecule has 1 aliphatic rings. The maximum Gasteiger partial charge on any atom is 0.255 e. The van der Waals surface area contributed by atoms with Crippen LogP contribution in [0.5, 0.6) is 11.6 Å². The van der Waals surface area contributed by atoms with E-state index < -0.39 is 5.82 Å². The largest absolute Gasteiger partial charge is 0.436 e. The Morgan fingerprint density at radius 2 is 2.03 bits per heavy atom. The van der Waals surface area contributed by atoms with Crippen molar-refractivity contribution in [2.45, 2.75) is 12.6 Å². The molecule has 0 bridgehead atoms. The van der Waals surface area contributed by atoms with Crippen molar-refractivity contribution in [3.63, 3.8) is 0 Å². The standard InChI is InChI=1S/C21H20FN5O2/c22-18-10-15(19-2-1-8-24-19)11-25-21(18)29-17-5-3-14(4-6-17)20-7-9-27(26-20)12-16(23)13-28/h1-7,9-11,16,28H,8,12-13,23H2/t16-/m0/s1. The number of allylic oxidation sites excluding steroid dienone is 1. The van der Waals surface area contributed by atoms with Crippen molar-refractivity contribution in [3.05, 3.63) is 72.3 Å². The van der Waals surface area contributed by atoms with Crippen LogP contribution in [0.4, 0.5) is 4.39 Å². The van der Waals surface area contributed by atoms with E-state index in [-0.39, 0.29) is 18.5 Å². The molecule has 148 valence electrons. The van der Waals surface area contributed by atoms with Gasteiger partial charge in [-0.1, -0.05) is 6.08 Å². The lowest BCUT2D eigenvalue weighted by Gasteiger charge is -2.08. The van der Waals surface area contributed by atoms with Crippen LogP contribution in [0.3, 0.4) is 0 Å². The molecule has 7 nitrogen and oxygen atoms in total. The van der Waals surface area contributed by atoms with Crippen LogP contribution in [0.25, 0.3) is 11.3 Å². The quantitative estimate of drug-likeness (QED) is 0.643. The van der Waals surface area contributed by atoms with E-state index in [2.05, 4.69) is 15.1 Å². The van der Waals surface area contributed by atoms with Gasteiger partial charge in [0.1, 0.15) is 5.75 Å². The predicted molar refractivity (Wildman–Crippen MR) is 108 cm³/mol. The molecule has 0 unspecified atom stereocenters. The molecule has 0 spiro atoms. The van der Waals surface area contributed by atoms with Crippen LogP contribution >= 0.6 is 0 Å². The zero-order valence-electron chi connectivity index (χ0n) is 15.6. The van der Waals surface area contributed by atoms with Crippen LogP contribution in [-0.4, -0.2) is 44.8 Å². The lowest BCUT2D eigenvalue weighted by molar-refractivity contribution is 0.251. The third-order valence-corrected chi connectivity index (χ3v) is 4.41. The minimum Gasteiger partial charge on any atom is -0.436 e. The van der Waals surface area contributed by atoms with Gasteiger partial charge in [0.25, 0.3) is 5.88 Å². The Morgan fingerprint density at radius 3 is 2.72 bits per heavy atom. The molecule has 0 aliphatic carbocycles. The van der Waals surface area contributed by atoms with E-state index in [4.69, 9.17) is 15.6 Å². The number of rotatable bonds is 7. The first-order chi connectivity index (χ1) is 14.1. The minimum absolute atomic E-state index is 0.0913. The van der Waals surface area contributed by atoms with Gasteiger partial charge in [-0.15, -0.1) is 0 Å². The number of benzene rings is 1. The normalized spacial score (nSPS) is 14.1. The Hall–Kier alpha value is -3.36. The van der Waals surface area contributed by atoms with E-state index in [1.165, 1.54) is 6.07 Å². The van der Waals surface area contributed by atoms with E-state index in [0.717, 1.165) is 11.3 Å². The Balaban J connectivity index is 1.45. The van der Waals surface area contributed by atoms with E-state index >= 15 is 0 Å². The zero-order chi connectivity index (χ0) is 20.2. The van der Waals surface area contributed by atoms with Crippen LogP contribution in [0.15, 0.2) is 65.9 Å². The molecule has 0 saturated carbocycles. The molecule has 3 N–H and O–H groups in total. The molecular weight excluding hydrogens is 373 g/mol. The summed E-state index contributed by atoms with van der Waals surface area (Å²) in [5, 5.41) is 13.5. The van der Waals surface area contributed by atoms with Crippen molar-refractivity contribution in [2.24, 2.45) is 10.7 Å². The van der Waals surface area contributed by atoms with Crippen LogP contribution in [0.1, 0.15) is 5.56 Å². The fourth-order valence-electron chi connectivity index (χ4n) is 2.92. The summed E-state index contributed by atoms with van der Waals surface area (Å²) in [5.41, 5.74) is 8.71. The van der Waals surface area contributed by atoms with Crippen LogP contribution in [-0.2, 0) is 6.54 Å². The Kier molecular flexibility index (Phi) is 5.46. The highest BCUT2D eigenvalue weighted by Gasteiger charge is 2.12. The van der Waals surface area contributed by atoms with Gasteiger partial charge >= 0.3 is 0 Å². The van der Waals surface area contributed by atoms with Gasteiger partial charge in [0.05, 0.1) is 31.1 Å². The van der Waals surface area contributed by atoms with Gasteiger partial charge in [0, 0.05) is 29.6 Å². The van der Waals surface area contributed by atoms with Crippen molar-refractivity contribution in [3.8, 4) is 22.9 Å². The first-order valence-electron chi connectivity index (χ1n) is 9.17. The molecule has 3 aromatic rings.